The molecule has 1 heterocycles. The number of nitrogens with zero attached hydrogens (tertiary/aromatic N) is 1. The summed E-state index contributed by atoms with van der Waals surface area (Å²) in [6.45, 7) is 1.70. The molecule has 3 aliphatic rings. The minimum absolute atomic E-state index is 0.0935. The van der Waals surface area contributed by atoms with Crippen LogP contribution in [0.15, 0.2) is 53.6 Å². The molecule has 1 aromatic heterocycles. The summed E-state index contributed by atoms with van der Waals surface area (Å²) in [6, 6.07) is 5.16. The number of carbonyl (C=O) groups excluding carboxylic acids is 1. The van der Waals surface area contributed by atoms with Crippen molar-refractivity contribution in [2.45, 2.75) is 57.1 Å². The fraction of sp³-hybridized carbons (Fsp3) is 0.458. The zero-order chi connectivity index (χ0) is 22.9. The van der Waals surface area contributed by atoms with Crippen molar-refractivity contribution < 1.29 is 24.6 Å². The lowest BCUT2D eigenvalue weighted by molar-refractivity contribution is -0.909. The maximum absolute atomic E-state index is 12.7. The molecule has 0 atom stereocenters. The van der Waals surface area contributed by atoms with E-state index in [1.165, 1.54) is 13.2 Å². The predicted octanol–water partition coefficient (Wildman–Crippen LogP) is 2.25. The van der Waals surface area contributed by atoms with E-state index in [0.29, 0.717) is 28.6 Å². The first-order chi connectivity index (χ1) is 15.3. The molecule has 0 aromatic carbocycles. The van der Waals surface area contributed by atoms with Crippen LogP contribution in [0.2, 0.25) is 0 Å². The fourth-order valence-corrected chi connectivity index (χ4v) is 4.47. The maximum atomic E-state index is 12.7. The first kappa shape index (κ1) is 22.1. The highest BCUT2D eigenvalue weighted by Gasteiger charge is 2.45. The third-order valence-corrected chi connectivity index (χ3v) is 6.67. The summed E-state index contributed by atoms with van der Waals surface area (Å²) in [4.78, 5) is 12.7. The number of carbonyl (C=O) groups is 1. The smallest absolute Gasteiger partial charge is 0.325 e. The monoisotopic (exact) mass is 439 g/mol. The third kappa shape index (κ3) is 4.55. The summed E-state index contributed by atoms with van der Waals surface area (Å²) in [5.74, 6) is 0.355. The summed E-state index contributed by atoms with van der Waals surface area (Å²) < 4.78 is 6.19. The molecule has 3 aliphatic carbocycles. The molecule has 2 fully saturated rings. The molecule has 1 aromatic rings. The number of pyridine rings is 1. The standard InChI is InChI=1S/C24H30N4O4/c1-15-4-3-5-21(28(15)31)23(29)27-20-12-16(19(25)13-22(20)32-2)14-26-18-8-10-24(30,11-9-18)17-6-7-17/h3-5,12-14,17-18,25,29-31H,6-11H2,1-2H3/p+1/t18-,24-. The second kappa shape index (κ2) is 8.78. The number of ether oxygens (including phenoxy) is 1. The van der Waals surface area contributed by atoms with Crippen LogP contribution in [0.25, 0.3) is 0 Å². The van der Waals surface area contributed by atoms with E-state index in [0.717, 1.165) is 43.3 Å². The summed E-state index contributed by atoms with van der Waals surface area (Å²) in [5, 5.41) is 35.3. The Bertz CT molecular complexity index is 1010. The SMILES string of the molecule is COC1=CC(=N)/C(=C\N[C@H]2CC[C@@](O)(C3CC3)CC2)C=C1NC(=O)c1cccc(C)[n+]1O. The number of rotatable bonds is 6. The first-order valence-corrected chi connectivity index (χ1v) is 11.1. The molecule has 0 spiro atoms. The molecule has 1 amide bonds. The highest BCUT2D eigenvalue weighted by atomic mass is 16.5. The summed E-state index contributed by atoms with van der Waals surface area (Å²) >= 11 is 0. The number of methoxy groups -OCH3 is 1. The van der Waals surface area contributed by atoms with Gasteiger partial charge in [0.25, 0.3) is 0 Å². The fourth-order valence-electron chi connectivity index (χ4n) is 4.47. The van der Waals surface area contributed by atoms with Gasteiger partial charge in [0.15, 0.2) is 0 Å². The van der Waals surface area contributed by atoms with Gasteiger partial charge in [-0.1, -0.05) is 0 Å². The number of aliphatic hydroxyl groups is 1. The zero-order valence-electron chi connectivity index (χ0n) is 18.5. The van der Waals surface area contributed by atoms with Gasteiger partial charge in [0.2, 0.25) is 5.69 Å². The highest BCUT2D eigenvalue weighted by Crippen LogP contribution is 2.47. The van der Waals surface area contributed by atoms with Gasteiger partial charge in [-0.2, -0.15) is 0 Å². The number of nitrogens with one attached hydrogen (secondary N) is 3. The Kier molecular flexibility index (Phi) is 6.06. The van der Waals surface area contributed by atoms with E-state index in [1.807, 2.05) is 0 Å². The Labute approximate surface area is 187 Å². The van der Waals surface area contributed by atoms with Gasteiger partial charge >= 0.3 is 11.6 Å². The van der Waals surface area contributed by atoms with Crippen LogP contribution in [0.4, 0.5) is 0 Å². The molecular formula is C24H31N4O4+. The number of hydrogen-bond acceptors (Lipinski definition) is 6. The second-order valence-electron chi connectivity index (χ2n) is 8.92. The van der Waals surface area contributed by atoms with Gasteiger partial charge in [0, 0.05) is 47.7 Å². The maximum Gasteiger partial charge on any atom is 0.325 e. The molecule has 0 bridgehead atoms. The average molecular weight is 440 g/mol. The van der Waals surface area contributed by atoms with Crippen LogP contribution in [-0.4, -0.2) is 40.7 Å². The molecule has 170 valence electrons. The van der Waals surface area contributed by atoms with Crippen molar-refractivity contribution in [3.05, 3.63) is 65.0 Å². The van der Waals surface area contributed by atoms with Crippen LogP contribution >= 0.6 is 0 Å². The molecule has 8 heteroatoms. The van der Waals surface area contributed by atoms with Gasteiger partial charge < -0.3 is 25.9 Å². The number of allylic oxidation sites excluding steroid dienone is 3. The van der Waals surface area contributed by atoms with E-state index in [4.69, 9.17) is 10.1 Å². The Balaban J connectivity index is 1.45. The van der Waals surface area contributed by atoms with Gasteiger partial charge in [-0.25, -0.2) is 0 Å². The van der Waals surface area contributed by atoms with Gasteiger partial charge in [0.1, 0.15) is 5.76 Å². The van der Waals surface area contributed by atoms with Crippen molar-refractivity contribution >= 4 is 11.6 Å². The summed E-state index contributed by atoms with van der Waals surface area (Å²) in [7, 11) is 1.48. The minimum atomic E-state index is -0.490. The molecule has 5 N–H and O–H groups in total. The molecule has 4 rings (SSSR count). The Morgan fingerprint density at radius 3 is 2.62 bits per heavy atom. The van der Waals surface area contributed by atoms with Crippen molar-refractivity contribution in [3.8, 4) is 0 Å². The van der Waals surface area contributed by atoms with Crippen molar-refractivity contribution in [1.29, 1.82) is 5.41 Å². The molecule has 0 radical (unpaired) electrons. The lowest BCUT2D eigenvalue weighted by Crippen LogP contribution is -2.44. The Morgan fingerprint density at radius 1 is 1.25 bits per heavy atom. The Morgan fingerprint density at radius 2 is 1.97 bits per heavy atom. The molecule has 32 heavy (non-hydrogen) atoms. The van der Waals surface area contributed by atoms with E-state index < -0.39 is 11.5 Å². The van der Waals surface area contributed by atoms with Crippen LogP contribution in [0.1, 0.15) is 54.7 Å². The van der Waals surface area contributed by atoms with Crippen LogP contribution in [0.5, 0.6) is 0 Å². The molecule has 2 saturated carbocycles. The topological polar surface area (TPSA) is 119 Å². The lowest BCUT2D eigenvalue weighted by atomic mass is 9.79. The average Bonchev–Trinajstić information content (AvgIpc) is 3.63. The highest BCUT2D eigenvalue weighted by molar-refractivity contribution is 6.10. The molecular weight excluding hydrogens is 408 g/mol. The predicted molar refractivity (Wildman–Crippen MR) is 118 cm³/mol. The normalized spacial score (nSPS) is 26.9. The Hall–Kier alpha value is -3.13. The first-order valence-electron chi connectivity index (χ1n) is 11.1. The molecule has 0 aliphatic heterocycles. The van der Waals surface area contributed by atoms with Crippen LogP contribution in [-0.2, 0) is 4.74 Å². The van der Waals surface area contributed by atoms with Crippen LogP contribution < -0.4 is 15.4 Å². The molecule has 0 saturated heterocycles. The van der Waals surface area contributed by atoms with Gasteiger partial charge in [-0.3, -0.25) is 10.0 Å². The van der Waals surface area contributed by atoms with Crippen molar-refractivity contribution in [1.82, 2.24) is 10.6 Å². The zero-order valence-corrected chi connectivity index (χ0v) is 18.5. The van der Waals surface area contributed by atoms with Crippen LogP contribution in [0.3, 0.4) is 0 Å². The van der Waals surface area contributed by atoms with Gasteiger partial charge in [-0.05, 0) is 56.6 Å². The van der Waals surface area contributed by atoms with Gasteiger partial charge in [-0.15, -0.1) is 0 Å². The molecule has 8 nitrogen and oxygen atoms in total. The van der Waals surface area contributed by atoms with E-state index in [9.17, 15) is 15.1 Å². The van der Waals surface area contributed by atoms with Crippen molar-refractivity contribution in [2.24, 2.45) is 5.92 Å². The van der Waals surface area contributed by atoms with E-state index >= 15 is 0 Å². The number of amides is 1. The van der Waals surface area contributed by atoms with E-state index in [2.05, 4.69) is 10.6 Å². The van der Waals surface area contributed by atoms with E-state index in [-0.39, 0.29) is 17.4 Å². The molecule has 0 unspecified atom stereocenters. The summed E-state index contributed by atoms with van der Waals surface area (Å²) in [6.07, 6.45) is 10.7. The number of aryl methyl sites for hydroxylation is 1. The third-order valence-electron chi connectivity index (χ3n) is 6.67. The van der Waals surface area contributed by atoms with E-state index in [1.54, 1.807) is 37.4 Å². The quantitative estimate of drug-likeness (QED) is 0.344. The second-order valence-corrected chi connectivity index (χ2v) is 8.92. The van der Waals surface area contributed by atoms with Crippen molar-refractivity contribution in [2.75, 3.05) is 7.11 Å². The van der Waals surface area contributed by atoms with Crippen LogP contribution in [0, 0.1) is 18.3 Å². The summed E-state index contributed by atoms with van der Waals surface area (Å²) in [5.41, 5.74) is 1.43. The lowest BCUT2D eigenvalue weighted by Gasteiger charge is -2.36. The largest absolute Gasteiger partial charge is 0.494 e. The van der Waals surface area contributed by atoms with Gasteiger partial charge in [0.05, 0.1) is 24.1 Å². The number of aromatic nitrogens is 1. The minimum Gasteiger partial charge on any atom is -0.494 e. The number of hydrogen-bond donors (Lipinski definition) is 5. The van der Waals surface area contributed by atoms with Crippen molar-refractivity contribution in [3.63, 3.8) is 0 Å².